The first-order chi connectivity index (χ1) is 12.1. The van der Waals surface area contributed by atoms with Gasteiger partial charge in [0.05, 0.1) is 32.1 Å². The highest BCUT2D eigenvalue weighted by Crippen LogP contribution is 2.27. The van der Waals surface area contributed by atoms with Crippen molar-refractivity contribution in [3.05, 3.63) is 23.0 Å². The lowest BCUT2D eigenvalue weighted by Crippen LogP contribution is -2.53. The number of hydrogen-bond donors (Lipinski definition) is 0. The van der Waals surface area contributed by atoms with Crippen molar-refractivity contribution < 1.29 is 14.3 Å². The van der Waals surface area contributed by atoms with E-state index in [0.29, 0.717) is 32.8 Å². The minimum atomic E-state index is -0.0413. The number of aromatic nitrogens is 1. The molecule has 0 aliphatic carbocycles. The van der Waals surface area contributed by atoms with E-state index in [4.69, 9.17) is 9.47 Å². The van der Waals surface area contributed by atoms with Gasteiger partial charge in [0.1, 0.15) is 5.75 Å². The monoisotopic (exact) mass is 347 g/mol. The van der Waals surface area contributed by atoms with Crippen LogP contribution in [0.1, 0.15) is 36.1 Å². The molecule has 25 heavy (non-hydrogen) atoms. The number of methoxy groups -OCH3 is 1. The smallest absolute Gasteiger partial charge is 0.240 e. The summed E-state index contributed by atoms with van der Waals surface area (Å²) in [6, 6.07) is -0.0413. The second-order valence-electron chi connectivity index (χ2n) is 6.97. The van der Waals surface area contributed by atoms with E-state index in [1.165, 1.54) is 0 Å². The van der Waals surface area contributed by atoms with Crippen LogP contribution in [0.4, 0.5) is 0 Å². The Hall–Kier alpha value is -1.66. The van der Waals surface area contributed by atoms with Crippen LogP contribution in [-0.4, -0.2) is 66.7 Å². The molecule has 0 spiro atoms. The number of likely N-dealkylation sites (tertiary alicyclic amines) is 1. The van der Waals surface area contributed by atoms with E-state index in [-0.39, 0.29) is 11.9 Å². The Morgan fingerprint density at radius 2 is 2.04 bits per heavy atom. The summed E-state index contributed by atoms with van der Waals surface area (Å²) in [4.78, 5) is 21.9. The maximum atomic E-state index is 13.0. The van der Waals surface area contributed by atoms with E-state index in [1.54, 1.807) is 7.11 Å². The van der Waals surface area contributed by atoms with Crippen molar-refractivity contribution in [3.63, 3.8) is 0 Å². The molecular weight excluding hydrogens is 318 g/mol. The van der Waals surface area contributed by atoms with Gasteiger partial charge >= 0.3 is 0 Å². The van der Waals surface area contributed by atoms with Crippen LogP contribution in [0, 0.1) is 13.8 Å². The number of ether oxygens (including phenoxy) is 2. The standard InChI is InChI=1S/C19H29N3O3/c1-14-12-20-16(15(2)18(14)24-3)13-22-7-5-4-6-17(22)19(23)21-8-10-25-11-9-21/h12,17H,4-11,13H2,1-3H3. The van der Waals surface area contributed by atoms with Crippen LogP contribution in [-0.2, 0) is 16.1 Å². The van der Waals surface area contributed by atoms with Crippen molar-refractivity contribution >= 4 is 5.91 Å². The normalized spacial score (nSPS) is 22.0. The molecule has 0 N–H and O–H groups in total. The van der Waals surface area contributed by atoms with E-state index < -0.39 is 0 Å². The fraction of sp³-hybridized carbons (Fsp3) is 0.684. The van der Waals surface area contributed by atoms with Gasteiger partial charge in [-0.1, -0.05) is 6.42 Å². The van der Waals surface area contributed by atoms with E-state index in [0.717, 1.165) is 48.4 Å². The Morgan fingerprint density at radius 3 is 2.76 bits per heavy atom. The van der Waals surface area contributed by atoms with Crippen molar-refractivity contribution in [2.75, 3.05) is 40.0 Å². The molecule has 1 amide bonds. The third-order valence-electron chi connectivity index (χ3n) is 5.32. The van der Waals surface area contributed by atoms with Gasteiger partial charge in [-0.3, -0.25) is 14.7 Å². The van der Waals surface area contributed by atoms with Gasteiger partial charge in [-0.2, -0.15) is 0 Å². The maximum absolute atomic E-state index is 13.0. The topological polar surface area (TPSA) is 54.9 Å². The summed E-state index contributed by atoms with van der Waals surface area (Å²) in [7, 11) is 1.70. The Kier molecular flexibility index (Phi) is 5.91. The van der Waals surface area contributed by atoms with Gasteiger partial charge in [0.15, 0.2) is 0 Å². The van der Waals surface area contributed by atoms with Gasteiger partial charge in [-0.05, 0) is 33.2 Å². The van der Waals surface area contributed by atoms with Crippen LogP contribution < -0.4 is 4.74 Å². The minimum absolute atomic E-state index is 0.0413. The number of rotatable bonds is 4. The molecule has 2 aliphatic heterocycles. The molecule has 2 fully saturated rings. The average Bonchev–Trinajstić information content (AvgIpc) is 2.65. The van der Waals surface area contributed by atoms with E-state index in [1.807, 2.05) is 18.0 Å². The molecule has 2 saturated heterocycles. The zero-order valence-corrected chi connectivity index (χ0v) is 15.6. The van der Waals surface area contributed by atoms with Crippen molar-refractivity contribution in [3.8, 4) is 5.75 Å². The van der Waals surface area contributed by atoms with Crippen molar-refractivity contribution in [1.82, 2.24) is 14.8 Å². The lowest BCUT2D eigenvalue weighted by atomic mass is 9.99. The number of carbonyl (C=O) groups excluding carboxylic acids is 1. The fourth-order valence-electron chi connectivity index (χ4n) is 3.88. The van der Waals surface area contributed by atoms with Gasteiger partial charge in [0.25, 0.3) is 0 Å². The van der Waals surface area contributed by atoms with Crippen LogP contribution in [0.5, 0.6) is 5.75 Å². The summed E-state index contributed by atoms with van der Waals surface area (Å²) >= 11 is 0. The van der Waals surface area contributed by atoms with Crippen molar-refractivity contribution in [2.24, 2.45) is 0 Å². The number of morpholine rings is 1. The summed E-state index contributed by atoms with van der Waals surface area (Å²) in [6.45, 7) is 8.41. The highest BCUT2D eigenvalue weighted by atomic mass is 16.5. The molecule has 0 radical (unpaired) electrons. The fourth-order valence-corrected chi connectivity index (χ4v) is 3.88. The molecule has 3 rings (SSSR count). The molecule has 0 saturated carbocycles. The quantitative estimate of drug-likeness (QED) is 0.833. The number of amides is 1. The van der Waals surface area contributed by atoms with Crippen molar-refractivity contribution in [2.45, 2.75) is 45.7 Å². The zero-order valence-electron chi connectivity index (χ0n) is 15.6. The molecule has 1 aromatic heterocycles. The van der Waals surface area contributed by atoms with Gasteiger partial charge in [0.2, 0.25) is 5.91 Å². The third-order valence-corrected chi connectivity index (χ3v) is 5.32. The molecule has 1 aromatic rings. The lowest BCUT2D eigenvalue weighted by molar-refractivity contribution is -0.142. The number of nitrogens with zero attached hydrogens (tertiary/aromatic N) is 3. The number of carbonyl (C=O) groups is 1. The summed E-state index contributed by atoms with van der Waals surface area (Å²) in [5.41, 5.74) is 3.12. The molecule has 6 nitrogen and oxygen atoms in total. The van der Waals surface area contributed by atoms with Crippen LogP contribution in [0.25, 0.3) is 0 Å². The van der Waals surface area contributed by atoms with Crippen LogP contribution in [0.2, 0.25) is 0 Å². The average molecular weight is 347 g/mol. The molecule has 2 aliphatic rings. The Bertz CT molecular complexity index is 614. The summed E-state index contributed by atoms with van der Waals surface area (Å²) in [5, 5.41) is 0. The predicted molar refractivity (Wildman–Crippen MR) is 95.7 cm³/mol. The van der Waals surface area contributed by atoms with E-state index in [2.05, 4.69) is 16.8 Å². The van der Waals surface area contributed by atoms with Gasteiger partial charge in [-0.25, -0.2) is 0 Å². The first-order valence-electron chi connectivity index (χ1n) is 9.21. The van der Waals surface area contributed by atoms with Gasteiger partial charge in [0, 0.05) is 37.0 Å². The predicted octanol–water partition coefficient (Wildman–Crippen LogP) is 1.92. The minimum Gasteiger partial charge on any atom is -0.496 e. The highest BCUT2D eigenvalue weighted by Gasteiger charge is 2.33. The highest BCUT2D eigenvalue weighted by molar-refractivity contribution is 5.82. The third kappa shape index (κ3) is 3.96. The molecule has 1 atom stereocenters. The first-order valence-corrected chi connectivity index (χ1v) is 9.21. The SMILES string of the molecule is COc1c(C)cnc(CN2CCCCC2C(=O)N2CCOCC2)c1C. The number of piperidine rings is 1. The molecular formula is C19H29N3O3. The lowest BCUT2D eigenvalue weighted by Gasteiger charge is -2.38. The second kappa shape index (κ2) is 8.15. The summed E-state index contributed by atoms with van der Waals surface area (Å²) in [6.07, 6.45) is 5.04. The molecule has 6 heteroatoms. The molecule has 1 unspecified atom stereocenters. The second-order valence-corrected chi connectivity index (χ2v) is 6.97. The van der Waals surface area contributed by atoms with E-state index in [9.17, 15) is 4.79 Å². The Balaban J connectivity index is 1.76. The molecule has 3 heterocycles. The van der Waals surface area contributed by atoms with Gasteiger partial charge in [-0.15, -0.1) is 0 Å². The molecule has 138 valence electrons. The van der Waals surface area contributed by atoms with E-state index >= 15 is 0 Å². The van der Waals surface area contributed by atoms with Crippen LogP contribution in [0.15, 0.2) is 6.20 Å². The maximum Gasteiger partial charge on any atom is 0.240 e. The first kappa shape index (κ1) is 18.1. The number of aryl methyl sites for hydroxylation is 1. The summed E-state index contributed by atoms with van der Waals surface area (Å²) in [5.74, 6) is 1.15. The van der Waals surface area contributed by atoms with Crippen LogP contribution >= 0.6 is 0 Å². The number of pyridine rings is 1. The van der Waals surface area contributed by atoms with Gasteiger partial charge < -0.3 is 14.4 Å². The zero-order chi connectivity index (χ0) is 17.8. The number of hydrogen-bond acceptors (Lipinski definition) is 5. The summed E-state index contributed by atoms with van der Waals surface area (Å²) < 4.78 is 10.9. The largest absolute Gasteiger partial charge is 0.496 e. The van der Waals surface area contributed by atoms with Crippen LogP contribution in [0.3, 0.4) is 0 Å². The Morgan fingerprint density at radius 1 is 1.28 bits per heavy atom. The Labute approximate surface area is 150 Å². The molecule has 0 bridgehead atoms. The van der Waals surface area contributed by atoms with Crippen molar-refractivity contribution in [1.29, 1.82) is 0 Å². The molecule has 0 aromatic carbocycles.